The molecule has 2 aromatic carbocycles. The van der Waals surface area contributed by atoms with Crippen molar-refractivity contribution >= 4 is 23.0 Å². The molecular formula is C38H46FN7O5. The van der Waals surface area contributed by atoms with E-state index in [1.54, 1.807) is 19.9 Å². The molecule has 270 valence electrons. The molecule has 13 heteroatoms. The Bertz CT molecular complexity index is 2000. The molecule has 6 rings (SSSR count). The smallest absolute Gasteiger partial charge is 0.405 e. The van der Waals surface area contributed by atoms with Crippen molar-refractivity contribution in [2.75, 3.05) is 33.2 Å². The van der Waals surface area contributed by atoms with Crippen molar-refractivity contribution in [1.82, 2.24) is 34.6 Å². The number of carboxylic acid groups (broad SMARTS) is 1. The number of benzene rings is 2. The van der Waals surface area contributed by atoms with E-state index in [-0.39, 0.29) is 23.0 Å². The van der Waals surface area contributed by atoms with Crippen LogP contribution in [0.4, 0.5) is 9.18 Å². The molecule has 0 unspecified atom stereocenters. The summed E-state index contributed by atoms with van der Waals surface area (Å²) in [5.74, 6) is -1.35. The van der Waals surface area contributed by atoms with E-state index in [2.05, 4.69) is 56.7 Å². The first-order valence-corrected chi connectivity index (χ1v) is 17.7. The van der Waals surface area contributed by atoms with Crippen LogP contribution >= 0.6 is 0 Å². The summed E-state index contributed by atoms with van der Waals surface area (Å²) in [7, 11) is 2.16. The number of nitrogens with zero attached hydrogens (tertiary/aromatic N) is 5. The molecule has 1 atom stereocenters. The molecule has 2 aliphatic rings. The first-order valence-electron chi connectivity index (χ1n) is 17.7. The fraction of sp³-hybridized carbons (Fsp3) is 0.447. The van der Waals surface area contributed by atoms with Crippen LogP contribution in [0.5, 0.6) is 0 Å². The Morgan fingerprint density at radius 3 is 2.41 bits per heavy atom. The molecule has 1 saturated carbocycles. The quantitative estimate of drug-likeness (QED) is 0.234. The highest BCUT2D eigenvalue weighted by Gasteiger charge is 2.31. The van der Waals surface area contributed by atoms with Gasteiger partial charge >= 0.3 is 11.8 Å². The molecule has 1 aliphatic heterocycles. The van der Waals surface area contributed by atoms with Crippen LogP contribution in [0.25, 0.3) is 27.8 Å². The maximum Gasteiger partial charge on any atom is 0.405 e. The zero-order valence-electron chi connectivity index (χ0n) is 29.3. The molecule has 1 aliphatic carbocycles. The van der Waals surface area contributed by atoms with E-state index in [1.807, 2.05) is 18.2 Å². The van der Waals surface area contributed by atoms with Gasteiger partial charge in [-0.15, -0.1) is 0 Å². The molecule has 2 aromatic heterocycles. The van der Waals surface area contributed by atoms with Gasteiger partial charge in [0.1, 0.15) is 11.9 Å². The van der Waals surface area contributed by atoms with E-state index < -0.39 is 41.2 Å². The summed E-state index contributed by atoms with van der Waals surface area (Å²) >= 11 is 0. The normalized spacial score (nSPS) is 19.5. The summed E-state index contributed by atoms with van der Waals surface area (Å²) in [5, 5.41) is 14.4. The number of hydrogen-bond acceptors (Lipinski definition) is 7. The van der Waals surface area contributed by atoms with Crippen LogP contribution in [-0.4, -0.2) is 86.3 Å². The monoisotopic (exact) mass is 699 g/mol. The molecule has 12 nitrogen and oxygen atoms in total. The predicted octanol–water partition coefficient (Wildman–Crippen LogP) is 4.38. The Morgan fingerprint density at radius 1 is 0.961 bits per heavy atom. The van der Waals surface area contributed by atoms with Gasteiger partial charge in [-0.1, -0.05) is 50.2 Å². The highest BCUT2D eigenvalue weighted by Crippen LogP contribution is 2.29. The number of pyridine rings is 1. The van der Waals surface area contributed by atoms with Gasteiger partial charge in [-0.05, 0) is 93.0 Å². The molecule has 1 saturated heterocycles. The maximum absolute atomic E-state index is 14.5. The molecular weight excluding hydrogens is 653 g/mol. The van der Waals surface area contributed by atoms with Crippen LogP contribution in [0.2, 0.25) is 0 Å². The summed E-state index contributed by atoms with van der Waals surface area (Å²) in [6.45, 7) is 8.67. The molecule has 0 radical (unpaired) electrons. The first kappa shape index (κ1) is 35.9. The van der Waals surface area contributed by atoms with Gasteiger partial charge in [0, 0.05) is 31.7 Å². The van der Waals surface area contributed by atoms with Gasteiger partial charge in [-0.2, -0.15) is 0 Å². The molecule has 2 amide bonds. The number of carbonyl (C=O) groups excluding carboxylic acids is 1. The second-order valence-corrected chi connectivity index (χ2v) is 14.2. The van der Waals surface area contributed by atoms with Crippen LogP contribution < -0.4 is 21.9 Å². The van der Waals surface area contributed by atoms with Crippen LogP contribution in [0.1, 0.15) is 57.6 Å². The number of amides is 2. The Labute approximate surface area is 295 Å². The Hall–Kier alpha value is -4.88. The highest BCUT2D eigenvalue weighted by atomic mass is 19.1. The highest BCUT2D eigenvalue weighted by molar-refractivity contribution is 5.85. The number of nitrogens with one attached hydrogen (secondary N) is 2. The summed E-state index contributed by atoms with van der Waals surface area (Å²) < 4.78 is 17.1. The van der Waals surface area contributed by atoms with Crippen molar-refractivity contribution in [3.05, 3.63) is 93.0 Å². The number of hydrogen-bond donors (Lipinski definition) is 3. The largest absolute Gasteiger partial charge is 0.465 e. The van der Waals surface area contributed by atoms with Gasteiger partial charge in [0.15, 0.2) is 5.65 Å². The van der Waals surface area contributed by atoms with Crippen molar-refractivity contribution in [3.8, 4) is 16.8 Å². The van der Waals surface area contributed by atoms with Crippen molar-refractivity contribution in [2.24, 2.45) is 5.92 Å². The third-order valence-electron chi connectivity index (χ3n) is 10.1. The molecule has 51 heavy (non-hydrogen) atoms. The number of halogens is 1. The standard InChI is InChI=1S/C38H46FN7O5/c1-24(2)33(42-37(49)50)35(47)41-29-12-14-30(15-13-29)46-36(48)32-21-28(39)22-40-34(32)45(38(46)51)31-7-4-6-27(20-31)26-10-8-25(9-11-26)23-44-17-5-16-43(3)18-19-44/h4,6-11,20-22,24,29-30,33,42H,5,12-19,23H2,1-3H3,(H,41,47)(H,49,50)/t29?,30?,33-/m1/s1. The van der Waals surface area contributed by atoms with Crippen LogP contribution in [-0.2, 0) is 11.3 Å². The molecule has 0 spiro atoms. The molecule has 0 bridgehead atoms. The molecule has 4 aromatic rings. The third kappa shape index (κ3) is 8.20. The number of likely N-dealkylation sites (N-methyl/N-ethyl adjacent to an activating group) is 1. The Balaban J connectivity index is 1.26. The second kappa shape index (κ2) is 15.6. The lowest BCUT2D eigenvalue weighted by Gasteiger charge is -2.31. The van der Waals surface area contributed by atoms with Gasteiger partial charge in [-0.25, -0.2) is 23.5 Å². The minimum absolute atomic E-state index is 0.000918. The van der Waals surface area contributed by atoms with Crippen molar-refractivity contribution < 1.29 is 19.1 Å². The number of rotatable bonds is 9. The maximum atomic E-state index is 14.5. The lowest BCUT2D eigenvalue weighted by atomic mass is 9.90. The first-order chi connectivity index (χ1) is 24.5. The average Bonchev–Trinajstić information content (AvgIpc) is 3.31. The number of carbonyl (C=O) groups is 2. The SMILES string of the molecule is CC(C)[C@@H](NC(=O)O)C(=O)NC1CCC(n2c(=O)c3cc(F)cnc3n(-c3cccc(-c4ccc(CN5CCCN(C)CC5)cc4)c3)c2=O)CC1. The van der Waals surface area contributed by atoms with Crippen LogP contribution in [0, 0.1) is 11.7 Å². The van der Waals surface area contributed by atoms with Crippen molar-refractivity contribution in [3.63, 3.8) is 0 Å². The molecule has 3 heterocycles. The third-order valence-corrected chi connectivity index (χ3v) is 10.1. The van der Waals surface area contributed by atoms with E-state index in [0.29, 0.717) is 31.4 Å². The van der Waals surface area contributed by atoms with Gasteiger partial charge in [0.05, 0.1) is 17.3 Å². The minimum atomic E-state index is -1.28. The molecule has 3 N–H and O–H groups in total. The van der Waals surface area contributed by atoms with Gasteiger partial charge in [0.2, 0.25) is 5.91 Å². The van der Waals surface area contributed by atoms with E-state index in [0.717, 1.165) is 62.5 Å². The summed E-state index contributed by atoms with van der Waals surface area (Å²) in [6, 6.07) is 15.4. The van der Waals surface area contributed by atoms with E-state index in [1.165, 1.54) is 14.7 Å². The summed E-state index contributed by atoms with van der Waals surface area (Å²) in [6.07, 6.45) is 2.64. The van der Waals surface area contributed by atoms with Crippen LogP contribution in [0.3, 0.4) is 0 Å². The van der Waals surface area contributed by atoms with Gasteiger partial charge < -0.3 is 20.6 Å². The average molecular weight is 700 g/mol. The fourth-order valence-electron chi connectivity index (χ4n) is 7.32. The summed E-state index contributed by atoms with van der Waals surface area (Å²) in [4.78, 5) is 61.3. The summed E-state index contributed by atoms with van der Waals surface area (Å²) in [5.41, 5.74) is 2.47. The lowest BCUT2D eigenvalue weighted by Crippen LogP contribution is -2.52. The number of aromatic nitrogens is 3. The molecule has 2 fully saturated rings. The van der Waals surface area contributed by atoms with Crippen molar-refractivity contribution in [2.45, 2.75) is 70.6 Å². The topological polar surface area (TPSA) is 142 Å². The number of fused-ring (bicyclic) bond motifs is 1. The van der Waals surface area contributed by atoms with Crippen LogP contribution in [0.15, 0.2) is 70.4 Å². The minimum Gasteiger partial charge on any atom is -0.465 e. The van der Waals surface area contributed by atoms with E-state index in [9.17, 15) is 23.6 Å². The predicted molar refractivity (Wildman–Crippen MR) is 194 cm³/mol. The van der Waals surface area contributed by atoms with E-state index in [4.69, 9.17) is 5.11 Å². The van der Waals surface area contributed by atoms with Crippen molar-refractivity contribution in [1.29, 1.82) is 0 Å². The van der Waals surface area contributed by atoms with E-state index >= 15 is 0 Å². The zero-order chi connectivity index (χ0) is 36.2. The van der Waals surface area contributed by atoms with Gasteiger partial charge in [0.25, 0.3) is 5.56 Å². The second-order valence-electron chi connectivity index (χ2n) is 14.2. The van der Waals surface area contributed by atoms with Gasteiger partial charge in [-0.3, -0.25) is 19.1 Å². The Morgan fingerprint density at radius 2 is 1.71 bits per heavy atom. The zero-order valence-corrected chi connectivity index (χ0v) is 29.3. The Kier molecular flexibility index (Phi) is 11.0. The fourth-order valence-corrected chi connectivity index (χ4v) is 7.32. The lowest BCUT2D eigenvalue weighted by molar-refractivity contribution is -0.125.